The van der Waals surface area contributed by atoms with Crippen LogP contribution in [0.25, 0.3) is 0 Å². The first-order valence-corrected chi connectivity index (χ1v) is 8.31. The maximum atomic E-state index is 14.1. The highest BCUT2D eigenvalue weighted by atomic mass is 19.1. The first kappa shape index (κ1) is 18.3. The number of halogens is 1. The van der Waals surface area contributed by atoms with Crippen LogP contribution in [0.4, 0.5) is 10.2 Å². The highest BCUT2D eigenvalue weighted by molar-refractivity contribution is 6.04. The number of ether oxygens (including phenoxy) is 1. The number of rotatable bonds is 6. The minimum absolute atomic E-state index is 0.175. The molecule has 2 aromatic carbocycles. The Morgan fingerprint density at radius 1 is 1.07 bits per heavy atom. The minimum Gasteiger partial charge on any atom is -0.457 e. The highest BCUT2D eigenvalue weighted by Gasteiger charge is 2.14. The molecule has 0 aliphatic heterocycles. The Kier molecular flexibility index (Phi) is 5.63. The smallest absolute Gasteiger partial charge is 0.259 e. The van der Waals surface area contributed by atoms with Crippen molar-refractivity contribution in [2.45, 2.75) is 6.42 Å². The first-order chi connectivity index (χ1) is 13.0. The standard InChI is InChI=1S/C20H18FN3O3/c21-18-6-5-16(27-15-3-1-13(2-4-15)7-9-22)12-17(18)20(26)24-19-11-14(25)8-10-23-19/h1-6,8,10-12H,7,9,22H2,(H2,23,24,25,26). The van der Waals surface area contributed by atoms with Crippen LogP contribution in [-0.2, 0) is 6.42 Å². The van der Waals surface area contributed by atoms with Crippen LogP contribution in [0.1, 0.15) is 15.9 Å². The zero-order valence-corrected chi connectivity index (χ0v) is 14.4. The number of carbonyl (C=O) groups is 1. The van der Waals surface area contributed by atoms with Crippen LogP contribution in [0.3, 0.4) is 0 Å². The molecule has 0 fully saturated rings. The molecule has 1 amide bonds. The average molecular weight is 367 g/mol. The van der Waals surface area contributed by atoms with Crippen molar-refractivity contribution in [2.24, 2.45) is 5.73 Å². The van der Waals surface area contributed by atoms with Crippen LogP contribution in [0.2, 0.25) is 0 Å². The molecule has 0 atom stereocenters. The third-order valence-corrected chi connectivity index (χ3v) is 3.80. The van der Waals surface area contributed by atoms with Crippen molar-refractivity contribution in [1.82, 2.24) is 4.98 Å². The maximum Gasteiger partial charge on any atom is 0.259 e. The molecule has 0 aliphatic rings. The molecule has 0 spiro atoms. The van der Waals surface area contributed by atoms with Gasteiger partial charge in [0, 0.05) is 18.3 Å². The molecule has 27 heavy (non-hydrogen) atoms. The summed E-state index contributed by atoms with van der Waals surface area (Å²) in [7, 11) is 0. The molecule has 138 valence electrons. The van der Waals surface area contributed by atoms with E-state index in [4.69, 9.17) is 10.5 Å². The number of H-pyrrole nitrogens is 1. The Hall–Kier alpha value is -3.45. The van der Waals surface area contributed by atoms with Crippen molar-refractivity contribution in [3.05, 3.63) is 88.0 Å². The molecule has 0 bridgehead atoms. The van der Waals surface area contributed by atoms with Crippen LogP contribution in [0.15, 0.2) is 65.6 Å². The van der Waals surface area contributed by atoms with Gasteiger partial charge in [0.05, 0.1) is 5.56 Å². The van der Waals surface area contributed by atoms with E-state index < -0.39 is 11.7 Å². The fourth-order valence-electron chi connectivity index (χ4n) is 2.48. The second-order valence-corrected chi connectivity index (χ2v) is 5.82. The lowest BCUT2D eigenvalue weighted by molar-refractivity contribution is 0.102. The summed E-state index contributed by atoms with van der Waals surface area (Å²) < 4.78 is 19.8. The lowest BCUT2D eigenvalue weighted by atomic mass is 10.1. The van der Waals surface area contributed by atoms with Gasteiger partial charge in [0.1, 0.15) is 23.1 Å². The monoisotopic (exact) mass is 367 g/mol. The zero-order chi connectivity index (χ0) is 19.2. The number of aromatic amines is 1. The van der Waals surface area contributed by atoms with Crippen molar-refractivity contribution < 1.29 is 13.9 Å². The fraction of sp³-hybridized carbons (Fsp3) is 0.100. The van der Waals surface area contributed by atoms with E-state index in [1.807, 2.05) is 12.1 Å². The van der Waals surface area contributed by atoms with Gasteiger partial charge in [0.15, 0.2) is 5.43 Å². The van der Waals surface area contributed by atoms with Crippen LogP contribution in [0, 0.1) is 5.82 Å². The van der Waals surface area contributed by atoms with Gasteiger partial charge in [-0.1, -0.05) is 12.1 Å². The topological polar surface area (TPSA) is 97.2 Å². The van der Waals surface area contributed by atoms with Gasteiger partial charge < -0.3 is 20.8 Å². The van der Waals surface area contributed by atoms with E-state index in [1.54, 1.807) is 12.1 Å². The van der Waals surface area contributed by atoms with Gasteiger partial charge in [0.25, 0.3) is 5.91 Å². The Morgan fingerprint density at radius 2 is 1.81 bits per heavy atom. The minimum atomic E-state index is -0.698. The van der Waals surface area contributed by atoms with E-state index in [0.717, 1.165) is 18.1 Å². The summed E-state index contributed by atoms with van der Waals surface area (Å²) in [4.78, 5) is 26.4. The number of hydrogen-bond donors (Lipinski definition) is 3. The average Bonchev–Trinajstić information content (AvgIpc) is 2.65. The van der Waals surface area contributed by atoms with Crippen molar-refractivity contribution in [3.63, 3.8) is 0 Å². The summed E-state index contributed by atoms with van der Waals surface area (Å²) in [5.41, 5.74) is 6.13. The van der Waals surface area contributed by atoms with E-state index in [1.165, 1.54) is 30.5 Å². The molecule has 4 N–H and O–H groups in total. The van der Waals surface area contributed by atoms with Gasteiger partial charge >= 0.3 is 0 Å². The number of anilines is 1. The number of hydrogen-bond acceptors (Lipinski definition) is 4. The molecule has 0 aliphatic carbocycles. The lowest BCUT2D eigenvalue weighted by Gasteiger charge is -2.10. The maximum absolute atomic E-state index is 14.1. The summed E-state index contributed by atoms with van der Waals surface area (Å²) >= 11 is 0. The lowest BCUT2D eigenvalue weighted by Crippen LogP contribution is -2.16. The van der Waals surface area contributed by atoms with Crippen molar-refractivity contribution >= 4 is 11.7 Å². The summed E-state index contributed by atoms with van der Waals surface area (Å²) in [5, 5.41) is 2.45. The predicted octanol–water partition coefficient (Wildman–Crippen LogP) is 3.06. The fourth-order valence-corrected chi connectivity index (χ4v) is 2.48. The largest absolute Gasteiger partial charge is 0.457 e. The van der Waals surface area contributed by atoms with Gasteiger partial charge in [-0.15, -0.1) is 0 Å². The molecule has 3 rings (SSSR count). The van der Waals surface area contributed by atoms with Crippen LogP contribution < -0.4 is 21.2 Å². The summed E-state index contributed by atoms with van der Waals surface area (Å²) in [5.74, 6) is -0.348. The number of benzene rings is 2. The van der Waals surface area contributed by atoms with Gasteiger partial charge in [-0.25, -0.2) is 4.39 Å². The van der Waals surface area contributed by atoms with Gasteiger partial charge in [-0.05, 0) is 48.9 Å². The number of nitrogens with one attached hydrogen (secondary N) is 2. The van der Waals surface area contributed by atoms with E-state index in [0.29, 0.717) is 18.0 Å². The first-order valence-electron chi connectivity index (χ1n) is 8.31. The van der Waals surface area contributed by atoms with Crippen molar-refractivity contribution in [2.75, 3.05) is 11.9 Å². The number of pyridine rings is 1. The van der Waals surface area contributed by atoms with Gasteiger partial charge in [-0.3, -0.25) is 9.59 Å². The molecule has 7 heteroatoms. The van der Waals surface area contributed by atoms with Crippen LogP contribution in [0.5, 0.6) is 11.5 Å². The number of aromatic nitrogens is 1. The van der Waals surface area contributed by atoms with Gasteiger partial charge in [0.2, 0.25) is 0 Å². The quantitative estimate of drug-likeness (QED) is 0.624. The normalized spacial score (nSPS) is 10.4. The molecule has 0 radical (unpaired) electrons. The molecule has 6 nitrogen and oxygen atoms in total. The third kappa shape index (κ3) is 4.80. The van der Waals surface area contributed by atoms with E-state index in [9.17, 15) is 14.0 Å². The molecule has 0 unspecified atom stereocenters. The molecular formula is C20H18FN3O3. The summed E-state index contributed by atoms with van der Waals surface area (Å²) in [6.07, 6.45) is 2.16. The summed E-state index contributed by atoms with van der Waals surface area (Å²) in [6.45, 7) is 0.559. The number of amides is 1. The second-order valence-electron chi connectivity index (χ2n) is 5.82. The SMILES string of the molecule is NCCc1ccc(Oc2ccc(F)c(C(=O)Nc3cc(=O)cc[nH]3)c2)cc1. The van der Waals surface area contributed by atoms with Crippen molar-refractivity contribution in [1.29, 1.82) is 0 Å². The number of carbonyl (C=O) groups excluding carboxylic acids is 1. The molecule has 3 aromatic rings. The Morgan fingerprint density at radius 3 is 2.52 bits per heavy atom. The van der Waals surface area contributed by atoms with E-state index >= 15 is 0 Å². The molecular weight excluding hydrogens is 349 g/mol. The van der Waals surface area contributed by atoms with Gasteiger partial charge in [-0.2, -0.15) is 0 Å². The van der Waals surface area contributed by atoms with Crippen LogP contribution >= 0.6 is 0 Å². The second kappa shape index (κ2) is 8.29. The Balaban J connectivity index is 1.77. The Bertz CT molecular complexity index is 1000. The molecule has 0 saturated carbocycles. The molecule has 0 saturated heterocycles. The molecule has 1 heterocycles. The number of nitrogens with two attached hydrogens (primary N) is 1. The Labute approximate surface area is 154 Å². The van der Waals surface area contributed by atoms with E-state index in [2.05, 4.69) is 10.3 Å². The molecule has 1 aromatic heterocycles. The highest BCUT2D eigenvalue weighted by Crippen LogP contribution is 2.24. The predicted molar refractivity (Wildman–Crippen MR) is 101 cm³/mol. The van der Waals surface area contributed by atoms with Crippen molar-refractivity contribution in [3.8, 4) is 11.5 Å². The zero-order valence-electron chi connectivity index (χ0n) is 14.4. The van der Waals surface area contributed by atoms with E-state index in [-0.39, 0.29) is 16.8 Å². The third-order valence-electron chi connectivity index (χ3n) is 3.80. The summed E-state index contributed by atoms with van der Waals surface area (Å²) in [6, 6.07) is 13.8. The van der Waals surface area contributed by atoms with Crippen LogP contribution in [-0.4, -0.2) is 17.4 Å².